The van der Waals surface area contributed by atoms with Crippen LogP contribution in [0.5, 0.6) is 11.5 Å². The summed E-state index contributed by atoms with van der Waals surface area (Å²) < 4.78 is 10.4. The Morgan fingerprint density at radius 1 is 1.11 bits per heavy atom. The Hall–Kier alpha value is -2.90. The second-order valence-electron chi connectivity index (χ2n) is 5.36. The molecule has 0 spiro atoms. The molecule has 0 saturated heterocycles. The number of hydrogen-bond acceptors (Lipinski definition) is 6. The van der Waals surface area contributed by atoms with Crippen LogP contribution < -0.4 is 14.8 Å². The largest absolute Gasteiger partial charge is 0.497 e. The van der Waals surface area contributed by atoms with E-state index >= 15 is 0 Å². The summed E-state index contributed by atoms with van der Waals surface area (Å²) in [7, 11) is 3.14. The molecule has 27 heavy (non-hydrogen) atoms. The van der Waals surface area contributed by atoms with Gasteiger partial charge in [-0.1, -0.05) is 41.1 Å². The third-order valence-electron chi connectivity index (χ3n) is 3.56. The lowest BCUT2D eigenvalue weighted by Gasteiger charge is -2.05. The first-order valence-corrected chi connectivity index (χ1v) is 9.09. The van der Waals surface area contributed by atoms with Gasteiger partial charge in [0.1, 0.15) is 11.5 Å². The molecule has 1 N–H and O–H groups in total. The van der Waals surface area contributed by atoms with Gasteiger partial charge in [0.05, 0.1) is 19.2 Å². The highest BCUT2D eigenvalue weighted by atomic mass is 35.5. The Balaban J connectivity index is 1.70. The second kappa shape index (κ2) is 8.66. The highest BCUT2D eigenvalue weighted by molar-refractivity contribution is 7.18. The Labute approximate surface area is 165 Å². The molecule has 0 bridgehead atoms. The molecule has 1 amide bonds. The molecule has 0 fully saturated rings. The van der Waals surface area contributed by atoms with E-state index in [-0.39, 0.29) is 5.91 Å². The Kier molecular flexibility index (Phi) is 6.05. The van der Waals surface area contributed by atoms with Crippen LogP contribution in [0.25, 0.3) is 16.6 Å². The summed E-state index contributed by atoms with van der Waals surface area (Å²) in [5, 5.41) is 12.4. The topological polar surface area (TPSA) is 73.3 Å². The number of nitrogens with zero attached hydrogens (tertiary/aromatic N) is 2. The van der Waals surface area contributed by atoms with E-state index in [0.717, 1.165) is 11.1 Å². The van der Waals surface area contributed by atoms with E-state index in [2.05, 4.69) is 15.5 Å². The van der Waals surface area contributed by atoms with Crippen molar-refractivity contribution in [2.75, 3.05) is 19.5 Å². The molecule has 0 atom stereocenters. The number of methoxy groups -OCH3 is 2. The number of carbonyl (C=O) groups excluding carboxylic acids is 1. The van der Waals surface area contributed by atoms with Crippen LogP contribution in [0.4, 0.5) is 5.13 Å². The summed E-state index contributed by atoms with van der Waals surface area (Å²) in [4.78, 5) is 12.2. The minimum absolute atomic E-state index is 0.321. The molecule has 6 nitrogen and oxygen atoms in total. The zero-order valence-corrected chi connectivity index (χ0v) is 16.2. The van der Waals surface area contributed by atoms with E-state index in [1.165, 1.54) is 17.4 Å². The van der Waals surface area contributed by atoms with Crippen LogP contribution in [0.2, 0.25) is 5.02 Å². The number of aromatic nitrogens is 2. The van der Waals surface area contributed by atoms with E-state index in [4.69, 9.17) is 21.1 Å². The van der Waals surface area contributed by atoms with Crippen LogP contribution >= 0.6 is 22.9 Å². The lowest BCUT2D eigenvalue weighted by molar-refractivity contribution is -0.111. The highest BCUT2D eigenvalue weighted by Crippen LogP contribution is 2.31. The molecule has 1 aromatic heterocycles. The van der Waals surface area contributed by atoms with E-state index in [1.807, 2.05) is 18.2 Å². The zero-order valence-electron chi connectivity index (χ0n) is 14.6. The number of benzene rings is 2. The summed E-state index contributed by atoms with van der Waals surface area (Å²) in [5.74, 6) is 0.962. The standard InChI is InChI=1S/C19H16ClN3O3S/c1-25-13-9-12(10-14(11-13)26-2)7-8-17(24)21-19-23-22-18(27-19)15-5-3-4-6-16(15)20/h3-11H,1-2H3,(H,21,23,24)/b8-7+. The number of anilines is 1. The molecule has 0 aliphatic carbocycles. The quantitative estimate of drug-likeness (QED) is 0.614. The van der Waals surface area contributed by atoms with Crippen LogP contribution in [0, 0.1) is 0 Å². The van der Waals surface area contributed by atoms with Crippen molar-refractivity contribution >= 4 is 40.1 Å². The van der Waals surface area contributed by atoms with Crippen molar-refractivity contribution in [3.05, 3.63) is 59.1 Å². The number of ether oxygens (including phenoxy) is 2. The second-order valence-corrected chi connectivity index (χ2v) is 6.75. The molecule has 0 aliphatic rings. The Bertz CT molecular complexity index is 966. The van der Waals surface area contributed by atoms with E-state index in [1.54, 1.807) is 44.6 Å². The average Bonchev–Trinajstić information content (AvgIpc) is 3.14. The van der Waals surface area contributed by atoms with Gasteiger partial charge in [-0.05, 0) is 29.8 Å². The molecule has 0 aliphatic heterocycles. The van der Waals surface area contributed by atoms with Crippen molar-refractivity contribution in [2.24, 2.45) is 0 Å². The molecule has 3 rings (SSSR count). The fraction of sp³-hybridized carbons (Fsp3) is 0.105. The maximum absolute atomic E-state index is 12.2. The smallest absolute Gasteiger partial charge is 0.250 e. The van der Waals surface area contributed by atoms with Crippen molar-refractivity contribution in [2.45, 2.75) is 0 Å². The van der Waals surface area contributed by atoms with Crippen molar-refractivity contribution in [1.29, 1.82) is 0 Å². The van der Waals surface area contributed by atoms with E-state index in [9.17, 15) is 4.79 Å². The SMILES string of the molecule is COc1cc(/C=C/C(=O)Nc2nnc(-c3ccccc3Cl)s2)cc(OC)c1. The first-order chi connectivity index (χ1) is 13.1. The molecule has 138 valence electrons. The van der Waals surface area contributed by atoms with Gasteiger partial charge < -0.3 is 9.47 Å². The van der Waals surface area contributed by atoms with Gasteiger partial charge in [0, 0.05) is 17.7 Å². The molecule has 1 heterocycles. The molecule has 0 saturated carbocycles. The minimum Gasteiger partial charge on any atom is -0.497 e. The third-order valence-corrected chi connectivity index (χ3v) is 4.76. The summed E-state index contributed by atoms with van der Waals surface area (Å²) >= 11 is 7.41. The molecular formula is C19H16ClN3O3S. The van der Waals surface area contributed by atoms with Crippen molar-refractivity contribution in [3.8, 4) is 22.1 Å². The first kappa shape index (κ1) is 18.9. The van der Waals surface area contributed by atoms with E-state index in [0.29, 0.717) is 26.7 Å². The Morgan fingerprint density at radius 3 is 2.48 bits per heavy atom. The third kappa shape index (κ3) is 4.84. The van der Waals surface area contributed by atoms with Gasteiger partial charge in [-0.3, -0.25) is 10.1 Å². The number of rotatable bonds is 6. The molecule has 2 aromatic carbocycles. The number of carbonyl (C=O) groups is 1. The van der Waals surface area contributed by atoms with Crippen LogP contribution in [0.3, 0.4) is 0 Å². The van der Waals surface area contributed by atoms with Gasteiger partial charge in [-0.25, -0.2) is 0 Å². The van der Waals surface area contributed by atoms with Gasteiger partial charge in [0.25, 0.3) is 0 Å². The van der Waals surface area contributed by atoms with Gasteiger partial charge >= 0.3 is 0 Å². The summed E-state index contributed by atoms with van der Waals surface area (Å²) in [6.45, 7) is 0. The fourth-order valence-electron chi connectivity index (χ4n) is 2.26. The van der Waals surface area contributed by atoms with Crippen LogP contribution in [0.1, 0.15) is 5.56 Å². The summed E-state index contributed by atoms with van der Waals surface area (Å²) in [6, 6.07) is 12.7. The van der Waals surface area contributed by atoms with Crippen molar-refractivity contribution < 1.29 is 14.3 Å². The zero-order chi connectivity index (χ0) is 19.2. The molecular weight excluding hydrogens is 386 g/mol. The number of nitrogens with one attached hydrogen (secondary N) is 1. The van der Waals surface area contributed by atoms with Crippen molar-refractivity contribution in [3.63, 3.8) is 0 Å². The Morgan fingerprint density at radius 2 is 1.81 bits per heavy atom. The van der Waals surface area contributed by atoms with Crippen molar-refractivity contribution in [1.82, 2.24) is 10.2 Å². The van der Waals surface area contributed by atoms with Gasteiger partial charge in [-0.2, -0.15) is 0 Å². The highest BCUT2D eigenvalue weighted by Gasteiger charge is 2.10. The molecule has 8 heteroatoms. The number of halogens is 1. The predicted octanol–water partition coefficient (Wildman–Crippen LogP) is 4.53. The minimum atomic E-state index is -0.321. The van der Waals surface area contributed by atoms with Crippen LogP contribution in [-0.4, -0.2) is 30.3 Å². The molecule has 0 unspecified atom stereocenters. The maximum atomic E-state index is 12.2. The molecule has 3 aromatic rings. The number of hydrogen-bond donors (Lipinski definition) is 1. The van der Waals surface area contributed by atoms with Gasteiger partial charge in [-0.15, -0.1) is 10.2 Å². The monoisotopic (exact) mass is 401 g/mol. The van der Waals surface area contributed by atoms with Crippen LogP contribution in [0.15, 0.2) is 48.5 Å². The lowest BCUT2D eigenvalue weighted by atomic mass is 10.2. The lowest BCUT2D eigenvalue weighted by Crippen LogP contribution is -2.07. The first-order valence-electron chi connectivity index (χ1n) is 7.89. The average molecular weight is 402 g/mol. The van der Waals surface area contributed by atoms with Gasteiger partial charge in [0.2, 0.25) is 11.0 Å². The molecule has 0 radical (unpaired) electrons. The summed E-state index contributed by atoms with van der Waals surface area (Å²) in [6.07, 6.45) is 3.07. The van der Waals surface area contributed by atoms with Gasteiger partial charge in [0.15, 0.2) is 5.01 Å². The number of amides is 1. The summed E-state index contributed by atoms with van der Waals surface area (Å²) in [5.41, 5.74) is 1.55. The maximum Gasteiger partial charge on any atom is 0.250 e. The fourth-order valence-corrected chi connectivity index (χ4v) is 3.33. The van der Waals surface area contributed by atoms with E-state index < -0.39 is 0 Å². The normalized spacial score (nSPS) is 10.8. The predicted molar refractivity (Wildman–Crippen MR) is 108 cm³/mol. The van der Waals surface area contributed by atoms with Crippen LogP contribution in [-0.2, 0) is 4.79 Å².